The number of rotatable bonds is 8. The zero-order chi connectivity index (χ0) is 14.3. The van der Waals surface area contributed by atoms with Crippen LogP contribution in [0.2, 0.25) is 0 Å². The summed E-state index contributed by atoms with van der Waals surface area (Å²) in [6.07, 6.45) is 3.17. The molecule has 0 amide bonds. The van der Waals surface area contributed by atoms with E-state index in [-0.39, 0.29) is 0 Å². The number of aromatic nitrogens is 1. The lowest BCUT2D eigenvalue weighted by atomic mass is 10.1. The molecule has 0 atom stereocenters. The van der Waals surface area contributed by atoms with Gasteiger partial charge in [-0.05, 0) is 49.9 Å². The largest absolute Gasteiger partial charge is 0.357 e. The van der Waals surface area contributed by atoms with Crippen LogP contribution in [0.1, 0.15) is 45.2 Å². The Morgan fingerprint density at radius 2 is 2.05 bits per heavy atom. The second-order valence-electron chi connectivity index (χ2n) is 5.59. The molecule has 1 rings (SSSR count). The molecule has 3 heteroatoms. The Kier molecular flexibility index (Phi) is 6.85. The minimum Gasteiger partial charge on any atom is -0.357 e. The maximum atomic E-state index is 4.65. The maximum Gasteiger partial charge on any atom is 0.131 e. The molecule has 0 spiro atoms. The van der Waals surface area contributed by atoms with Crippen molar-refractivity contribution in [1.82, 2.24) is 10.3 Å². The van der Waals surface area contributed by atoms with E-state index >= 15 is 0 Å². The van der Waals surface area contributed by atoms with E-state index < -0.39 is 0 Å². The van der Waals surface area contributed by atoms with E-state index in [9.17, 15) is 0 Å². The van der Waals surface area contributed by atoms with Gasteiger partial charge in [0, 0.05) is 25.8 Å². The first-order valence-electron chi connectivity index (χ1n) is 7.49. The minimum atomic E-state index is 0.688. The molecule has 3 nitrogen and oxygen atoms in total. The highest BCUT2D eigenvalue weighted by Gasteiger charge is 2.08. The lowest BCUT2D eigenvalue weighted by Gasteiger charge is -2.23. The Hall–Kier alpha value is -1.09. The first-order valence-corrected chi connectivity index (χ1v) is 7.49. The number of hydrogen-bond donors (Lipinski definition) is 1. The molecule has 1 aromatic rings. The van der Waals surface area contributed by atoms with Crippen molar-refractivity contribution >= 4 is 5.82 Å². The fourth-order valence-electron chi connectivity index (χ4n) is 2.24. The van der Waals surface area contributed by atoms with E-state index in [0.717, 1.165) is 38.4 Å². The summed E-state index contributed by atoms with van der Waals surface area (Å²) in [5.41, 5.74) is 2.55. The summed E-state index contributed by atoms with van der Waals surface area (Å²) >= 11 is 0. The fourth-order valence-corrected chi connectivity index (χ4v) is 2.24. The normalized spacial score (nSPS) is 11.1. The summed E-state index contributed by atoms with van der Waals surface area (Å²) in [5.74, 6) is 1.82. The van der Waals surface area contributed by atoms with Crippen LogP contribution >= 0.6 is 0 Å². The molecule has 108 valence electrons. The van der Waals surface area contributed by atoms with Gasteiger partial charge in [-0.3, -0.25) is 0 Å². The molecule has 0 aliphatic heterocycles. The maximum absolute atomic E-state index is 4.65. The second kappa shape index (κ2) is 8.16. The number of nitrogens with zero attached hydrogens (tertiary/aromatic N) is 2. The smallest absolute Gasteiger partial charge is 0.131 e. The van der Waals surface area contributed by atoms with E-state index in [4.69, 9.17) is 0 Å². The van der Waals surface area contributed by atoms with Gasteiger partial charge >= 0.3 is 0 Å². The Morgan fingerprint density at radius 3 is 2.58 bits per heavy atom. The third kappa shape index (κ3) is 5.19. The second-order valence-corrected chi connectivity index (χ2v) is 5.59. The van der Waals surface area contributed by atoms with Gasteiger partial charge in [0.1, 0.15) is 5.82 Å². The first kappa shape index (κ1) is 16.0. The predicted octanol–water partition coefficient (Wildman–Crippen LogP) is 3.37. The molecule has 0 aromatic carbocycles. The number of anilines is 1. The highest BCUT2D eigenvalue weighted by molar-refractivity contribution is 5.47. The molecular weight excluding hydrogens is 234 g/mol. The Labute approximate surface area is 118 Å². The Bertz CT molecular complexity index is 374. The van der Waals surface area contributed by atoms with Gasteiger partial charge in [0.2, 0.25) is 0 Å². The fraction of sp³-hybridized carbons (Fsp3) is 0.688. The minimum absolute atomic E-state index is 0.688. The molecule has 0 saturated heterocycles. The van der Waals surface area contributed by atoms with Crippen molar-refractivity contribution < 1.29 is 0 Å². The molecule has 0 fully saturated rings. The van der Waals surface area contributed by atoms with Gasteiger partial charge in [0.05, 0.1) is 0 Å². The third-order valence-electron chi connectivity index (χ3n) is 3.16. The highest BCUT2D eigenvalue weighted by atomic mass is 15.2. The lowest BCUT2D eigenvalue weighted by Crippen LogP contribution is -2.25. The Morgan fingerprint density at radius 1 is 1.32 bits per heavy atom. The third-order valence-corrected chi connectivity index (χ3v) is 3.16. The monoisotopic (exact) mass is 263 g/mol. The molecule has 0 saturated carbocycles. The van der Waals surface area contributed by atoms with Gasteiger partial charge in [0.25, 0.3) is 0 Å². The molecule has 19 heavy (non-hydrogen) atoms. The van der Waals surface area contributed by atoms with Crippen LogP contribution in [-0.4, -0.2) is 24.6 Å². The van der Waals surface area contributed by atoms with Crippen LogP contribution in [0.5, 0.6) is 0 Å². The SMILES string of the molecule is CCCN(CC)c1ncc(CNCC(C)C)cc1C. The number of hydrogen-bond acceptors (Lipinski definition) is 3. The molecule has 0 radical (unpaired) electrons. The van der Waals surface area contributed by atoms with Crippen molar-refractivity contribution in [3.05, 3.63) is 23.4 Å². The zero-order valence-electron chi connectivity index (χ0n) is 13.2. The molecule has 0 aliphatic rings. The average molecular weight is 263 g/mol. The topological polar surface area (TPSA) is 28.2 Å². The van der Waals surface area contributed by atoms with Gasteiger partial charge in [-0.25, -0.2) is 4.98 Å². The van der Waals surface area contributed by atoms with Crippen LogP contribution in [0, 0.1) is 12.8 Å². The highest BCUT2D eigenvalue weighted by Crippen LogP contribution is 2.18. The number of nitrogens with one attached hydrogen (secondary N) is 1. The first-order chi connectivity index (χ1) is 9.08. The Balaban J connectivity index is 2.68. The van der Waals surface area contributed by atoms with E-state index in [0.29, 0.717) is 5.92 Å². The van der Waals surface area contributed by atoms with Crippen LogP contribution in [-0.2, 0) is 6.54 Å². The summed E-state index contributed by atoms with van der Waals surface area (Å²) in [6.45, 7) is 15.1. The predicted molar refractivity (Wildman–Crippen MR) is 83.7 cm³/mol. The van der Waals surface area contributed by atoms with E-state index in [1.165, 1.54) is 11.1 Å². The van der Waals surface area contributed by atoms with E-state index in [1.807, 2.05) is 6.20 Å². The molecule has 1 heterocycles. The van der Waals surface area contributed by atoms with Crippen molar-refractivity contribution in [3.63, 3.8) is 0 Å². The van der Waals surface area contributed by atoms with Gasteiger partial charge in [-0.2, -0.15) is 0 Å². The molecule has 1 aromatic heterocycles. The van der Waals surface area contributed by atoms with Gasteiger partial charge in [-0.1, -0.05) is 20.8 Å². The average Bonchev–Trinajstić information content (AvgIpc) is 2.36. The molecule has 0 unspecified atom stereocenters. The van der Waals surface area contributed by atoms with Crippen LogP contribution in [0.15, 0.2) is 12.3 Å². The van der Waals surface area contributed by atoms with E-state index in [1.54, 1.807) is 0 Å². The summed E-state index contributed by atoms with van der Waals surface area (Å²) in [6, 6.07) is 2.26. The number of pyridine rings is 1. The van der Waals surface area contributed by atoms with E-state index in [2.05, 4.69) is 55.9 Å². The van der Waals surface area contributed by atoms with Crippen LogP contribution in [0.25, 0.3) is 0 Å². The van der Waals surface area contributed by atoms with Crippen molar-refractivity contribution in [2.24, 2.45) is 5.92 Å². The van der Waals surface area contributed by atoms with Crippen molar-refractivity contribution in [1.29, 1.82) is 0 Å². The summed E-state index contributed by atoms with van der Waals surface area (Å²) in [5, 5.41) is 3.46. The zero-order valence-corrected chi connectivity index (χ0v) is 13.2. The molecule has 1 N–H and O–H groups in total. The molecule has 0 bridgehead atoms. The summed E-state index contributed by atoms with van der Waals surface area (Å²) < 4.78 is 0. The van der Waals surface area contributed by atoms with Crippen molar-refractivity contribution in [2.75, 3.05) is 24.5 Å². The lowest BCUT2D eigenvalue weighted by molar-refractivity contribution is 0.551. The standard InChI is InChI=1S/C16H29N3/c1-6-8-19(7-2)16-14(5)9-15(12-18-16)11-17-10-13(3)4/h9,12-13,17H,6-8,10-11H2,1-5H3. The van der Waals surface area contributed by atoms with Gasteiger partial charge < -0.3 is 10.2 Å². The molecular formula is C16H29N3. The van der Waals surface area contributed by atoms with Crippen molar-refractivity contribution in [3.8, 4) is 0 Å². The summed E-state index contributed by atoms with van der Waals surface area (Å²) in [4.78, 5) is 7.00. The molecule has 0 aliphatic carbocycles. The van der Waals surface area contributed by atoms with Crippen LogP contribution < -0.4 is 10.2 Å². The number of aryl methyl sites for hydroxylation is 1. The van der Waals surface area contributed by atoms with Crippen LogP contribution in [0.4, 0.5) is 5.82 Å². The van der Waals surface area contributed by atoms with Crippen molar-refractivity contribution in [2.45, 2.75) is 47.6 Å². The van der Waals surface area contributed by atoms with Gasteiger partial charge in [-0.15, -0.1) is 0 Å². The van der Waals surface area contributed by atoms with Crippen LogP contribution in [0.3, 0.4) is 0 Å². The van der Waals surface area contributed by atoms with Gasteiger partial charge in [0.15, 0.2) is 0 Å². The quantitative estimate of drug-likeness (QED) is 0.779. The summed E-state index contributed by atoms with van der Waals surface area (Å²) in [7, 11) is 0.